The highest BCUT2D eigenvalue weighted by atomic mass is 16.6. The maximum absolute atomic E-state index is 12.3. The molecule has 1 aromatic heterocycles. The van der Waals surface area contributed by atoms with Crippen LogP contribution in [-0.2, 0) is 11.3 Å². The van der Waals surface area contributed by atoms with E-state index in [1.165, 1.54) is 0 Å². The summed E-state index contributed by atoms with van der Waals surface area (Å²) >= 11 is 0. The third-order valence-corrected chi connectivity index (χ3v) is 4.62. The first-order chi connectivity index (χ1) is 14.1. The molecule has 3 rings (SSSR count). The van der Waals surface area contributed by atoms with Gasteiger partial charge in [0.15, 0.2) is 11.5 Å². The predicted octanol–water partition coefficient (Wildman–Crippen LogP) is 1.69. The molecule has 0 radical (unpaired) electrons. The van der Waals surface area contributed by atoms with Crippen molar-refractivity contribution in [2.75, 3.05) is 44.8 Å². The summed E-state index contributed by atoms with van der Waals surface area (Å²) in [7, 11) is 1.61. The molecule has 0 saturated carbocycles. The molecular formula is C20H25N5O4. The van der Waals surface area contributed by atoms with Gasteiger partial charge in [-0.05, 0) is 36.8 Å². The average molecular weight is 399 g/mol. The molecule has 1 aliphatic rings. The van der Waals surface area contributed by atoms with Crippen molar-refractivity contribution in [2.45, 2.75) is 13.5 Å². The van der Waals surface area contributed by atoms with Crippen LogP contribution < -0.4 is 15.0 Å². The van der Waals surface area contributed by atoms with E-state index >= 15 is 0 Å². The Morgan fingerprint density at radius 1 is 1.03 bits per heavy atom. The van der Waals surface area contributed by atoms with E-state index in [1.54, 1.807) is 31.1 Å². The van der Waals surface area contributed by atoms with Gasteiger partial charge in [0.25, 0.3) is 5.91 Å². The van der Waals surface area contributed by atoms with Crippen molar-refractivity contribution in [1.82, 2.24) is 20.4 Å². The summed E-state index contributed by atoms with van der Waals surface area (Å²) in [5.74, 6) is 1.16. The van der Waals surface area contributed by atoms with Crippen molar-refractivity contribution in [3.05, 3.63) is 47.7 Å². The topological polar surface area (TPSA) is 96.9 Å². The van der Waals surface area contributed by atoms with Crippen molar-refractivity contribution < 1.29 is 19.1 Å². The minimum atomic E-state index is -0.290. The van der Waals surface area contributed by atoms with Crippen LogP contribution in [0, 0.1) is 0 Å². The number of methoxy groups -OCH3 is 1. The van der Waals surface area contributed by atoms with Gasteiger partial charge in [-0.25, -0.2) is 4.79 Å². The van der Waals surface area contributed by atoms with Crippen LogP contribution in [0.4, 0.5) is 10.6 Å². The number of amides is 2. The number of hydrogen-bond acceptors (Lipinski definition) is 7. The van der Waals surface area contributed by atoms with E-state index in [4.69, 9.17) is 9.47 Å². The Balaban J connectivity index is 1.50. The number of aromatic nitrogens is 2. The zero-order valence-electron chi connectivity index (χ0n) is 16.6. The molecule has 1 aliphatic heterocycles. The van der Waals surface area contributed by atoms with Crippen LogP contribution in [0.5, 0.6) is 5.75 Å². The van der Waals surface area contributed by atoms with Crippen LogP contribution in [-0.4, -0.2) is 67.0 Å². The maximum Gasteiger partial charge on any atom is 0.409 e. The van der Waals surface area contributed by atoms with Gasteiger partial charge in [-0.15, -0.1) is 10.2 Å². The average Bonchev–Trinajstić information content (AvgIpc) is 2.78. The van der Waals surface area contributed by atoms with Gasteiger partial charge in [0, 0.05) is 32.7 Å². The second kappa shape index (κ2) is 9.72. The van der Waals surface area contributed by atoms with Gasteiger partial charge in [-0.1, -0.05) is 12.1 Å². The van der Waals surface area contributed by atoms with E-state index in [0.717, 1.165) is 11.3 Å². The van der Waals surface area contributed by atoms with Crippen LogP contribution in [0.2, 0.25) is 0 Å². The van der Waals surface area contributed by atoms with Crippen LogP contribution in [0.15, 0.2) is 36.4 Å². The molecular weight excluding hydrogens is 374 g/mol. The van der Waals surface area contributed by atoms with Crippen molar-refractivity contribution in [1.29, 1.82) is 0 Å². The molecule has 9 nitrogen and oxygen atoms in total. The molecule has 0 spiro atoms. The number of anilines is 1. The van der Waals surface area contributed by atoms with Gasteiger partial charge >= 0.3 is 6.09 Å². The lowest BCUT2D eigenvalue weighted by Crippen LogP contribution is -2.49. The SMILES string of the molecule is CCOC(=O)N1CCN(c2ccc(C(=O)NCc3ccc(OC)cc3)nn2)CC1. The number of hydrogen-bond donors (Lipinski definition) is 1. The first-order valence-corrected chi connectivity index (χ1v) is 9.52. The number of rotatable bonds is 6. The summed E-state index contributed by atoms with van der Waals surface area (Å²) < 4.78 is 10.1. The second-order valence-electron chi connectivity index (χ2n) is 6.48. The van der Waals surface area contributed by atoms with Crippen LogP contribution in [0.25, 0.3) is 0 Å². The van der Waals surface area contributed by atoms with Gasteiger partial charge < -0.3 is 24.6 Å². The fourth-order valence-electron chi connectivity index (χ4n) is 2.96. The Kier molecular flexibility index (Phi) is 6.83. The lowest BCUT2D eigenvalue weighted by atomic mass is 10.2. The lowest BCUT2D eigenvalue weighted by Gasteiger charge is -2.34. The van der Waals surface area contributed by atoms with Crippen molar-refractivity contribution in [2.24, 2.45) is 0 Å². The van der Waals surface area contributed by atoms with Gasteiger partial charge in [-0.3, -0.25) is 4.79 Å². The molecule has 0 aliphatic carbocycles. The van der Waals surface area contributed by atoms with Crippen LogP contribution >= 0.6 is 0 Å². The highest BCUT2D eigenvalue weighted by Gasteiger charge is 2.23. The summed E-state index contributed by atoms with van der Waals surface area (Å²) in [6.07, 6.45) is -0.290. The van der Waals surface area contributed by atoms with E-state index in [0.29, 0.717) is 45.1 Å². The molecule has 1 aromatic carbocycles. The first-order valence-electron chi connectivity index (χ1n) is 9.52. The molecule has 1 saturated heterocycles. The summed E-state index contributed by atoms with van der Waals surface area (Å²) in [5, 5.41) is 11.0. The highest BCUT2D eigenvalue weighted by Crippen LogP contribution is 2.14. The molecule has 0 unspecified atom stereocenters. The van der Waals surface area contributed by atoms with Crippen LogP contribution in [0.3, 0.4) is 0 Å². The van der Waals surface area contributed by atoms with E-state index in [-0.39, 0.29) is 17.7 Å². The highest BCUT2D eigenvalue weighted by molar-refractivity contribution is 5.92. The molecule has 0 bridgehead atoms. The fraction of sp³-hybridized carbons (Fsp3) is 0.400. The van der Waals surface area contributed by atoms with Gasteiger partial charge in [0.1, 0.15) is 5.75 Å². The number of carbonyl (C=O) groups is 2. The Morgan fingerprint density at radius 2 is 1.76 bits per heavy atom. The molecule has 1 N–H and O–H groups in total. The zero-order chi connectivity index (χ0) is 20.6. The first kappa shape index (κ1) is 20.4. The molecule has 9 heteroatoms. The van der Waals surface area contributed by atoms with E-state index in [9.17, 15) is 9.59 Å². The van der Waals surface area contributed by atoms with E-state index in [1.807, 2.05) is 29.2 Å². The number of carbonyl (C=O) groups excluding carboxylic acids is 2. The molecule has 2 heterocycles. The maximum atomic E-state index is 12.3. The Bertz CT molecular complexity index is 818. The summed E-state index contributed by atoms with van der Waals surface area (Å²) in [6.45, 7) is 4.94. The van der Waals surface area contributed by atoms with Gasteiger partial charge in [-0.2, -0.15) is 0 Å². The van der Waals surface area contributed by atoms with Crippen molar-refractivity contribution in [3.63, 3.8) is 0 Å². The molecule has 1 fully saturated rings. The zero-order valence-corrected chi connectivity index (χ0v) is 16.6. The Hall–Kier alpha value is -3.36. The van der Waals surface area contributed by atoms with E-state index in [2.05, 4.69) is 15.5 Å². The van der Waals surface area contributed by atoms with E-state index < -0.39 is 0 Å². The monoisotopic (exact) mass is 399 g/mol. The summed E-state index contributed by atoms with van der Waals surface area (Å²) in [4.78, 5) is 27.8. The Morgan fingerprint density at radius 3 is 2.34 bits per heavy atom. The standard InChI is InChI=1S/C20H25N5O4/c1-3-29-20(27)25-12-10-24(11-13-25)18-9-8-17(22-23-18)19(26)21-14-15-4-6-16(28-2)7-5-15/h4-9H,3,10-14H2,1-2H3,(H,21,26). The normalized spacial score (nSPS) is 13.7. The minimum Gasteiger partial charge on any atom is -0.497 e. The summed E-state index contributed by atoms with van der Waals surface area (Å²) in [5.41, 5.74) is 1.22. The van der Waals surface area contributed by atoms with Crippen LogP contribution in [0.1, 0.15) is 23.0 Å². The number of nitrogens with one attached hydrogen (secondary N) is 1. The molecule has 29 heavy (non-hydrogen) atoms. The van der Waals surface area contributed by atoms with Gasteiger partial charge in [0.05, 0.1) is 13.7 Å². The number of ether oxygens (including phenoxy) is 2. The largest absolute Gasteiger partial charge is 0.497 e. The van der Waals surface area contributed by atoms with Crippen molar-refractivity contribution >= 4 is 17.8 Å². The fourth-order valence-corrected chi connectivity index (χ4v) is 2.96. The molecule has 2 amide bonds. The Labute approximate surface area is 169 Å². The quantitative estimate of drug-likeness (QED) is 0.789. The molecule has 154 valence electrons. The number of benzene rings is 1. The predicted molar refractivity (Wildman–Crippen MR) is 107 cm³/mol. The number of nitrogens with zero attached hydrogens (tertiary/aromatic N) is 4. The second-order valence-corrected chi connectivity index (χ2v) is 6.48. The lowest BCUT2D eigenvalue weighted by molar-refractivity contribution is 0.0944. The third kappa shape index (κ3) is 5.34. The number of piperazine rings is 1. The minimum absolute atomic E-state index is 0.257. The molecule has 2 aromatic rings. The summed E-state index contributed by atoms with van der Waals surface area (Å²) in [6, 6.07) is 10.9. The third-order valence-electron chi connectivity index (χ3n) is 4.62. The smallest absolute Gasteiger partial charge is 0.409 e. The van der Waals surface area contributed by atoms with Gasteiger partial charge in [0.2, 0.25) is 0 Å². The van der Waals surface area contributed by atoms with Crippen molar-refractivity contribution in [3.8, 4) is 5.75 Å². The molecule has 0 atom stereocenters.